The van der Waals surface area contributed by atoms with Crippen LogP contribution in [0.5, 0.6) is 5.75 Å². The van der Waals surface area contributed by atoms with E-state index in [1.54, 1.807) is 37.3 Å². The normalized spacial score (nSPS) is 23.8. The van der Waals surface area contributed by atoms with Gasteiger partial charge < -0.3 is 29.9 Å². The standard InChI is InChI=1S/C26H40N4O5/c1-6-12-27-26(33)28-20-10-11-21-22(13-20)35-16-18(3)30(24(31)19-8-7-9-19)14-17(2)23(34-5)15-29(4)25(21)32/h10-11,13,17-19,23H,6-9,12,14-16H2,1-5H3,(H2,27,28,33)/t17-,18-,23+/m1/s1. The van der Waals surface area contributed by atoms with Crippen molar-refractivity contribution in [3.05, 3.63) is 23.8 Å². The van der Waals surface area contributed by atoms with E-state index in [1.165, 1.54) is 0 Å². The molecule has 9 nitrogen and oxygen atoms in total. The maximum Gasteiger partial charge on any atom is 0.319 e. The van der Waals surface area contributed by atoms with E-state index in [1.807, 2.05) is 18.7 Å². The molecule has 0 bridgehead atoms. The highest BCUT2D eigenvalue weighted by Gasteiger charge is 2.35. The average Bonchev–Trinajstić information content (AvgIpc) is 2.80. The molecule has 1 aromatic carbocycles. The number of ether oxygens (including phenoxy) is 2. The zero-order valence-corrected chi connectivity index (χ0v) is 21.6. The van der Waals surface area contributed by atoms with Gasteiger partial charge in [-0.25, -0.2) is 4.79 Å². The number of carbonyl (C=O) groups excluding carboxylic acids is 3. The third kappa shape index (κ3) is 6.66. The summed E-state index contributed by atoms with van der Waals surface area (Å²) in [5.74, 6) is 0.465. The summed E-state index contributed by atoms with van der Waals surface area (Å²) in [6.45, 7) is 7.73. The number of nitrogens with zero attached hydrogens (tertiary/aromatic N) is 2. The maximum atomic E-state index is 13.3. The summed E-state index contributed by atoms with van der Waals surface area (Å²) in [7, 11) is 3.38. The second-order valence-electron chi connectivity index (χ2n) is 9.81. The first-order valence-corrected chi connectivity index (χ1v) is 12.7. The first kappa shape index (κ1) is 26.8. The van der Waals surface area contributed by atoms with Gasteiger partial charge in [0.1, 0.15) is 12.4 Å². The number of amides is 4. The molecule has 9 heteroatoms. The fourth-order valence-corrected chi connectivity index (χ4v) is 4.46. The Morgan fingerprint density at radius 2 is 1.94 bits per heavy atom. The van der Waals surface area contributed by atoms with Gasteiger partial charge in [-0.15, -0.1) is 0 Å². The van der Waals surface area contributed by atoms with E-state index in [9.17, 15) is 14.4 Å². The summed E-state index contributed by atoms with van der Waals surface area (Å²) in [5.41, 5.74) is 0.928. The van der Waals surface area contributed by atoms with Crippen molar-refractivity contribution in [1.82, 2.24) is 15.1 Å². The summed E-state index contributed by atoms with van der Waals surface area (Å²) in [5, 5.41) is 5.56. The van der Waals surface area contributed by atoms with E-state index in [0.717, 1.165) is 25.7 Å². The van der Waals surface area contributed by atoms with Crippen LogP contribution in [0.4, 0.5) is 10.5 Å². The Morgan fingerprint density at radius 3 is 2.57 bits per heavy atom. The van der Waals surface area contributed by atoms with Gasteiger partial charge in [-0.2, -0.15) is 0 Å². The fourth-order valence-electron chi connectivity index (χ4n) is 4.46. The molecule has 0 spiro atoms. The smallest absolute Gasteiger partial charge is 0.319 e. The van der Waals surface area contributed by atoms with E-state index in [0.29, 0.717) is 36.6 Å². The molecule has 0 saturated heterocycles. The molecule has 3 atom stereocenters. The van der Waals surface area contributed by atoms with Crippen LogP contribution < -0.4 is 15.4 Å². The summed E-state index contributed by atoms with van der Waals surface area (Å²) < 4.78 is 11.9. The molecule has 2 aliphatic rings. The predicted octanol–water partition coefficient (Wildman–Crippen LogP) is 3.35. The Morgan fingerprint density at radius 1 is 1.20 bits per heavy atom. The van der Waals surface area contributed by atoms with Crippen LogP contribution in [0, 0.1) is 11.8 Å². The molecule has 1 aliphatic heterocycles. The molecule has 1 fully saturated rings. The molecule has 35 heavy (non-hydrogen) atoms. The molecule has 0 radical (unpaired) electrons. The van der Waals surface area contributed by atoms with Crippen molar-refractivity contribution in [3.8, 4) is 5.75 Å². The van der Waals surface area contributed by atoms with Crippen molar-refractivity contribution in [3.63, 3.8) is 0 Å². The SMILES string of the molecule is CCCNC(=O)Nc1ccc2c(c1)OC[C@@H](C)N(C(=O)C1CCC1)C[C@@H](C)[C@@H](OC)CN(C)C2=O. The quantitative estimate of drug-likeness (QED) is 0.662. The van der Waals surface area contributed by atoms with E-state index in [2.05, 4.69) is 17.6 Å². The number of anilines is 1. The minimum Gasteiger partial charge on any atom is -0.491 e. The minimum atomic E-state index is -0.314. The van der Waals surface area contributed by atoms with Crippen molar-refractivity contribution in [2.45, 2.75) is 58.6 Å². The van der Waals surface area contributed by atoms with Crippen molar-refractivity contribution < 1.29 is 23.9 Å². The van der Waals surface area contributed by atoms with Crippen molar-refractivity contribution in [2.24, 2.45) is 11.8 Å². The highest BCUT2D eigenvalue weighted by molar-refractivity contribution is 5.98. The topological polar surface area (TPSA) is 100 Å². The van der Waals surface area contributed by atoms with Gasteiger partial charge in [-0.1, -0.05) is 20.3 Å². The maximum absolute atomic E-state index is 13.3. The van der Waals surface area contributed by atoms with Gasteiger partial charge >= 0.3 is 6.03 Å². The Balaban J connectivity index is 1.90. The van der Waals surface area contributed by atoms with E-state index in [-0.39, 0.29) is 48.4 Å². The predicted molar refractivity (Wildman–Crippen MR) is 135 cm³/mol. The van der Waals surface area contributed by atoms with Crippen molar-refractivity contribution in [2.75, 3.05) is 45.7 Å². The molecule has 1 saturated carbocycles. The highest BCUT2D eigenvalue weighted by Crippen LogP contribution is 2.31. The van der Waals surface area contributed by atoms with Gasteiger partial charge in [0.05, 0.1) is 17.7 Å². The number of likely N-dealkylation sites (N-methyl/N-ethyl adjacent to an activating group) is 1. The van der Waals surface area contributed by atoms with E-state index in [4.69, 9.17) is 9.47 Å². The molecular formula is C26H40N4O5. The van der Waals surface area contributed by atoms with Gasteiger partial charge in [-0.05, 0) is 38.3 Å². The molecule has 1 aromatic rings. The lowest BCUT2D eigenvalue weighted by atomic mass is 9.83. The molecule has 0 unspecified atom stereocenters. The molecule has 4 amide bonds. The lowest BCUT2D eigenvalue weighted by Gasteiger charge is -2.39. The number of hydrogen-bond donors (Lipinski definition) is 2. The van der Waals surface area contributed by atoms with Crippen LogP contribution in [0.1, 0.15) is 56.8 Å². The first-order valence-electron chi connectivity index (χ1n) is 12.7. The lowest BCUT2D eigenvalue weighted by molar-refractivity contribution is -0.142. The number of nitrogens with one attached hydrogen (secondary N) is 2. The second kappa shape index (κ2) is 12.2. The number of benzene rings is 1. The van der Waals surface area contributed by atoms with Gasteiger partial charge in [0.15, 0.2) is 0 Å². The molecule has 3 rings (SSSR count). The molecule has 1 aliphatic carbocycles. The zero-order chi connectivity index (χ0) is 25.5. The number of rotatable bonds is 5. The summed E-state index contributed by atoms with van der Waals surface area (Å²) in [4.78, 5) is 42.3. The Bertz CT molecular complexity index is 904. The number of fused-ring (bicyclic) bond motifs is 1. The molecule has 1 heterocycles. The highest BCUT2D eigenvalue weighted by atomic mass is 16.5. The Hall–Kier alpha value is -2.81. The van der Waals surface area contributed by atoms with Gasteiger partial charge in [-0.3, -0.25) is 9.59 Å². The van der Waals surface area contributed by atoms with Crippen LogP contribution in [0.3, 0.4) is 0 Å². The van der Waals surface area contributed by atoms with E-state index < -0.39 is 0 Å². The molecule has 194 valence electrons. The van der Waals surface area contributed by atoms with E-state index >= 15 is 0 Å². The van der Waals surface area contributed by atoms with Crippen molar-refractivity contribution in [1.29, 1.82) is 0 Å². The molecular weight excluding hydrogens is 448 g/mol. The second-order valence-corrected chi connectivity index (χ2v) is 9.81. The first-order chi connectivity index (χ1) is 16.7. The van der Waals surface area contributed by atoms with Gasteiger partial charge in [0.2, 0.25) is 5.91 Å². The average molecular weight is 489 g/mol. The summed E-state index contributed by atoms with van der Waals surface area (Å²) >= 11 is 0. The van der Waals surface area contributed by atoms with Crippen LogP contribution in [-0.4, -0.2) is 80.2 Å². The van der Waals surface area contributed by atoms with Crippen LogP contribution in [0.25, 0.3) is 0 Å². The number of urea groups is 1. The molecule has 2 N–H and O–H groups in total. The van der Waals surface area contributed by atoms with Crippen LogP contribution >= 0.6 is 0 Å². The number of methoxy groups -OCH3 is 1. The van der Waals surface area contributed by atoms with Gasteiger partial charge in [0, 0.05) is 57.4 Å². The van der Waals surface area contributed by atoms with Crippen LogP contribution in [0.15, 0.2) is 18.2 Å². The lowest BCUT2D eigenvalue weighted by Crippen LogP contribution is -2.51. The molecule has 0 aromatic heterocycles. The number of hydrogen-bond acceptors (Lipinski definition) is 5. The summed E-state index contributed by atoms with van der Waals surface area (Å²) in [6.07, 6.45) is 3.56. The van der Waals surface area contributed by atoms with Crippen molar-refractivity contribution >= 4 is 23.5 Å². The zero-order valence-electron chi connectivity index (χ0n) is 21.6. The largest absolute Gasteiger partial charge is 0.491 e. The number of carbonyl (C=O) groups is 3. The van der Waals surface area contributed by atoms with Crippen LogP contribution in [0.2, 0.25) is 0 Å². The monoisotopic (exact) mass is 488 g/mol. The van der Waals surface area contributed by atoms with Gasteiger partial charge in [0.25, 0.3) is 5.91 Å². The third-order valence-corrected chi connectivity index (χ3v) is 6.98. The third-order valence-electron chi connectivity index (χ3n) is 6.98. The summed E-state index contributed by atoms with van der Waals surface area (Å²) in [6, 6.07) is 4.53. The Kier molecular flexibility index (Phi) is 9.37. The fraction of sp³-hybridized carbons (Fsp3) is 0.654. The Labute approximate surface area is 208 Å². The van der Waals surface area contributed by atoms with Crippen LogP contribution in [-0.2, 0) is 9.53 Å². The minimum absolute atomic E-state index is 0.0360.